The average molecular weight is 295 g/mol. The van der Waals surface area contributed by atoms with Crippen molar-refractivity contribution >= 4 is 10.0 Å². The molecule has 0 fully saturated rings. The molecule has 0 heterocycles. The van der Waals surface area contributed by atoms with Gasteiger partial charge in [-0.2, -0.15) is 5.26 Å². The fourth-order valence-corrected chi connectivity index (χ4v) is 2.34. The van der Waals surface area contributed by atoms with Crippen LogP contribution in [-0.2, 0) is 16.6 Å². The van der Waals surface area contributed by atoms with Gasteiger partial charge in [0.1, 0.15) is 0 Å². The van der Waals surface area contributed by atoms with Gasteiger partial charge in [-0.3, -0.25) is 0 Å². The minimum Gasteiger partial charge on any atom is -0.312 e. The summed E-state index contributed by atoms with van der Waals surface area (Å²) in [6.45, 7) is 5.68. The summed E-state index contributed by atoms with van der Waals surface area (Å²) >= 11 is 0. The first-order valence-electron chi connectivity index (χ1n) is 6.44. The highest BCUT2D eigenvalue weighted by molar-refractivity contribution is 7.89. The van der Waals surface area contributed by atoms with Crippen LogP contribution in [-0.4, -0.2) is 15.0 Å². The van der Waals surface area contributed by atoms with Crippen LogP contribution in [0, 0.1) is 16.7 Å². The molecule has 0 bridgehead atoms. The van der Waals surface area contributed by atoms with Crippen LogP contribution >= 0.6 is 0 Å². The summed E-state index contributed by atoms with van der Waals surface area (Å²) in [6, 6.07) is 8.66. The SMILES string of the molecule is CC(C)(CCC#N)CNCc1ccc(S(N)(=O)=O)cc1. The number of hydrogen-bond donors (Lipinski definition) is 2. The predicted octanol–water partition coefficient (Wildman–Crippen LogP) is 1.75. The van der Waals surface area contributed by atoms with Crippen LogP contribution in [0.2, 0.25) is 0 Å². The lowest BCUT2D eigenvalue weighted by atomic mass is 9.88. The molecule has 1 rings (SSSR count). The molecule has 0 unspecified atom stereocenters. The summed E-state index contributed by atoms with van der Waals surface area (Å²) in [5.74, 6) is 0. The highest BCUT2D eigenvalue weighted by Crippen LogP contribution is 2.20. The van der Waals surface area contributed by atoms with Crippen LogP contribution in [0.15, 0.2) is 29.2 Å². The largest absolute Gasteiger partial charge is 0.312 e. The summed E-state index contributed by atoms with van der Waals surface area (Å²) in [6.07, 6.45) is 1.40. The molecule has 0 aromatic heterocycles. The number of nitrogens with zero attached hydrogens (tertiary/aromatic N) is 1. The molecule has 0 aliphatic rings. The van der Waals surface area contributed by atoms with E-state index in [-0.39, 0.29) is 10.3 Å². The van der Waals surface area contributed by atoms with Gasteiger partial charge in [0.15, 0.2) is 0 Å². The number of benzene rings is 1. The van der Waals surface area contributed by atoms with Crippen molar-refractivity contribution in [1.82, 2.24) is 5.32 Å². The molecule has 1 aromatic carbocycles. The van der Waals surface area contributed by atoms with Gasteiger partial charge in [-0.15, -0.1) is 0 Å². The van der Waals surface area contributed by atoms with Crippen molar-refractivity contribution in [2.24, 2.45) is 10.6 Å². The second kappa shape index (κ2) is 6.84. The van der Waals surface area contributed by atoms with Gasteiger partial charge in [0.2, 0.25) is 10.0 Å². The van der Waals surface area contributed by atoms with Crippen LogP contribution in [0.3, 0.4) is 0 Å². The molecular formula is C14H21N3O2S. The predicted molar refractivity (Wildman–Crippen MR) is 78.1 cm³/mol. The maximum atomic E-state index is 11.1. The fourth-order valence-electron chi connectivity index (χ4n) is 1.82. The molecule has 0 atom stereocenters. The third kappa shape index (κ3) is 5.70. The lowest BCUT2D eigenvalue weighted by Crippen LogP contribution is -2.29. The Labute approximate surface area is 120 Å². The van der Waals surface area contributed by atoms with Gasteiger partial charge in [0, 0.05) is 19.5 Å². The summed E-state index contributed by atoms with van der Waals surface area (Å²) in [4.78, 5) is 0.121. The number of nitriles is 1. The summed E-state index contributed by atoms with van der Waals surface area (Å²) in [5.41, 5.74) is 1.06. The van der Waals surface area contributed by atoms with E-state index < -0.39 is 10.0 Å². The Kier molecular flexibility index (Phi) is 5.69. The molecule has 0 saturated heterocycles. The van der Waals surface area contributed by atoms with Crippen molar-refractivity contribution < 1.29 is 8.42 Å². The molecule has 1 aromatic rings. The van der Waals surface area contributed by atoms with Gasteiger partial charge in [-0.1, -0.05) is 26.0 Å². The van der Waals surface area contributed by atoms with Crippen molar-refractivity contribution in [1.29, 1.82) is 5.26 Å². The van der Waals surface area contributed by atoms with Crippen molar-refractivity contribution in [2.75, 3.05) is 6.54 Å². The van der Waals surface area contributed by atoms with Crippen LogP contribution in [0.1, 0.15) is 32.3 Å². The number of primary sulfonamides is 1. The fraction of sp³-hybridized carbons (Fsp3) is 0.500. The summed E-state index contributed by atoms with van der Waals surface area (Å²) in [7, 11) is -3.62. The summed E-state index contributed by atoms with van der Waals surface area (Å²) < 4.78 is 22.3. The monoisotopic (exact) mass is 295 g/mol. The van der Waals surface area contributed by atoms with Crippen LogP contribution in [0.25, 0.3) is 0 Å². The second-order valence-electron chi connectivity index (χ2n) is 5.61. The van der Waals surface area contributed by atoms with Crippen molar-refractivity contribution in [3.05, 3.63) is 29.8 Å². The number of sulfonamides is 1. The van der Waals surface area contributed by atoms with Gasteiger partial charge < -0.3 is 5.32 Å². The third-order valence-corrected chi connectivity index (χ3v) is 4.03. The number of rotatable bonds is 7. The highest BCUT2D eigenvalue weighted by Gasteiger charge is 2.16. The van der Waals surface area contributed by atoms with Crippen LogP contribution in [0.4, 0.5) is 0 Å². The zero-order valence-electron chi connectivity index (χ0n) is 11.9. The minimum atomic E-state index is -3.62. The van der Waals surface area contributed by atoms with Gasteiger partial charge in [-0.25, -0.2) is 13.6 Å². The molecule has 0 radical (unpaired) electrons. The molecule has 0 spiro atoms. The Morgan fingerprint density at radius 2 is 1.90 bits per heavy atom. The second-order valence-corrected chi connectivity index (χ2v) is 7.18. The zero-order chi connectivity index (χ0) is 15.2. The first-order valence-corrected chi connectivity index (χ1v) is 7.99. The lowest BCUT2D eigenvalue weighted by Gasteiger charge is -2.23. The first-order chi connectivity index (χ1) is 9.24. The summed E-state index contributed by atoms with van der Waals surface area (Å²) in [5, 5.41) is 17.0. The topological polar surface area (TPSA) is 96.0 Å². The standard InChI is InChI=1S/C14H21N3O2S/c1-14(2,8-3-9-15)11-17-10-12-4-6-13(7-5-12)20(16,18)19/h4-7,17H,3,8,10-11H2,1-2H3,(H2,16,18,19). The molecule has 0 amide bonds. The van der Waals surface area contributed by atoms with Crippen LogP contribution < -0.4 is 10.5 Å². The van der Waals surface area contributed by atoms with E-state index in [9.17, 15) is 8.42 Å². The Bertz CT molecular complexity index is 571. The Hall–Kier alpha value is -1.42. The van der Waals surface area contributed by atoms with Crippen LogP contribution in [0.5, 0.6) is 0 Å². The van der Waals surface area contributed by atoms with Gasteiger partial charge in [0.25, 0.3) is 0 Å². The van der Waals surface area contributed by atoms with Gasteiger partial charge in [0.05, 0.1) is 11.0 Å². The third-order valence-electron chi connectivity index (χ3n) is 3.10. The van der Waals surface area contributed by atoms with Crippen molar-refractivity contribution in [3.63, 3.8) is 0 Å². The molecule has 0 saturated carbocycles. The van der Waals surface area contributed by atoms with E-state index >= 15 is 0 Å². The minimum absolute atomic E-state index is 0.0657. The molecule has 20 heavy (non-hydrogen) atoms. The van der Waals surface area contributed by atoms with E-state index in [1.807, 2.05) is 0 Å². The molecule has 3 N–H and O–H groups in total. The average Bonchev–Trinajstić information content (AvgIpc) is 2.36. The molecule has 5 nitrogen and oxygen atoms in total. The van der Waals surface area contributed by atoms with E-state index in [2.05, 4.69) is 25.2 Å². The van der Waals surface area contributed by atoms with E-state index in [0.717, 1.165) is 18.5 Å². The number of nitrogens with two attached hydrogens (primary N) is 1. The molecular weight excluding hydrogens is 274 g/mol. The van der Waals surface area contributed by atoms with Crippen molar-refractivity contribution in [3.8, 4) is 6.07 Å². The number of nitrogens with one attached hydrogen (secondary N) is 1. The maximum absolute atomic E-state index is 11.1. The maximum Gasteiger partial charge on any atom is 0.238 e. The van der Waals surface area contributed by atoms with E-state index in [1.165, 1.54) is 12.1 Å². The normalized spacial score (nSPS) is 12.1. The molecule has 110 valence electrons. The van der Waals surface area contributed by atoms with Crippen molar-refractivity contribution in [2.45, 2.75) is 38.1 Å². The van der Waals surface area contributed by atoms with Gasteiger partial charge in [-0.05, 0) is 29.5 Å². The molecule has 0 aliphatic carbocycles. The van der Waals surface area contributed by atoms with Gasteiger partial charge >= 0.3 is 0 Å². The van der Waals surface area contributed by atoms with E-state index in [4.69, 9.17) is 10.4 Å². The molecule has 0 aliphatic heterocycles. The Balaban J connectivity index is 2.49. The Morgan fingerprint density at radius 1 is 1.30 bits per heavy atom. The van der Waals surface area contributed by atoms with E-state index in [1.54, 1.807) is 12.1 Å². The number of hydrogen-bond acceptors (Lipinski definition) is 4. The first kappa shape index (κ1) is 16.6. The lowest BCUT2D eigenvalue weighted by molar-refractivity contribution is 0.317. The smallest absolute Gasteiger partial charge is 0.238 e. The Morgan fingerprint density at radius 3 is 2.40 bits per heavy atom. The quantitative estimate of drug-likeness (QED) is 0.801. The van der Waals surface area contributed by atoms with E-state index in [0.29, 0.717) is 13.0 Å². The zero-order valence-corrected chi connectivity index (χ0v) is 12.7. The highest BCUT2D eigenvalue weighted by atomic mass is 32.2. The molecule has 6 heteroatoms.